The summed E-state index contributed by atoms with van der Waals surface area (Å²) in [6, 6.07) is 0. The van der Waals surface area contributed by atoms with Crippen LogP contribution in [0.1, 0.15) is 39.5 Å². The van der Waals surface area contributed by atoms with Gasteiger partial charge in [-0.05, 0) is 31.4 Å². The van der Waals surface area contributed by atoms with Crippen LogP contribution in [0.5, 0.6) is 0 Å². The van der Waals surface area contributed by atoms with E-state index in [-0.39, 0.29) is 0 Å². The summed E-state index contributed by atoms with van der Waals surface area (Å²) in [5.74, 6) is 2.11. The van der Waals surface area contributed by atoms with Gasteiger partial charge in [-0.3, -0.25) is 4.99 Å². The van der Waals surface area contributed by atoms with E-state index in [1.807, 2.05) is 11.8 Å². The molecule has 100 valence electrons. The number of nitrogens with one attached hydrogen (secondary N) is 2. The summed E-state index contributed by atoms with van der Waals surface area (Å²) >= 11 is 1.86. The van der Waals surface area contributed by atoms with Crippen LogP contribution in [-0.2, 0) is 0 Å². The van der Waals surface area contributed by atoms with Crippen molar-refractivity contribution in [2.45, 2.75) is 39.5 Å². The number of hydrogen-bond acceptors (Lipinski definition) is 2. The summed E-state index contributed by atoms with van der Waals surface area (Å²) in [5.41, 5.74) is 0.446. The fraction of sp³-hybridized carbons (Fsp3) is 0.923. The van der Waals surface area contributed by atoms with E-state index >= 15 is 0 Å². The number of rotatable bonds is 6. The van der Waals surface area contributed by atoms with Gasteiger partial charge < -0.3 is 10.6 Å². The summed E-state index contributed by atoms with van der Waals surface area (Å²) < 4.78 is 0. The SMILES string of the molecule is CCNC(=NCC1(C)CCCC1)NCCSC. The molecule has 17 heavy (non-hydrogen) atoms. The third-order valence-corrected chi connectivity index (χ3v) is 3.98. The van der Waals surface area contributed by atoms with Gasteiger partial charge in [0.15, 0.2) is 5.96 Å². The second-order valence-electron chi connectivity index (χ2n) is 5.13. The van der Waals surface area contributed by atoms with Crippen molar-refractivity contribution in [2.75, 3.05) is 31.6 Å². The van der Waals surface area contributed by atoms with E-state index in [0.717, 1.165) is 31.3 Å². The Morgan fingerprint density at radius 3 is 2.59 bits per heavy atom. The minimum atomic E-state index is 0.446. The molecular weight excluding hydrogens is 230 g/mol. The second-order valence-corrected chi connectivity index (χ2v) is 6.12. The number of guanidine groups is 1. The molecule has 0 aromatic heterocycles. The smallest absolute Gasteiger partial charge is 0.191 e. The molecule has 1 fully saturated rings. The fourth-order valence-electron chi connectivity index (χ4n) is 2.27. The zero-order chi connectivity index (χ0) is 12.6. The topological polar surface area (TPSA) is 36.4 Å². The Morgan fingerprint density at radius 2 is 2.00 bits per heavy atom. The van der Waals surface area contributed by atoms with Crippen molar-refractivity contribution in [1.82, 2.24) is 10.6 Å². The van der Waals surface area contributed by atoms with Crippen molar-refractivity contribution >= 4 is 17.7 Å². The highest BCUT2D eigenvalue weighted by atomic mass is 32.2. The van der Waals surface area contributed by atoms with Crippen LogP contribution in [0.2, 0.25) is 0 Å². The highest BCUT2D eigenvalue weighted by molar-refractivity contribution is 7.98. The van der Waals surface area contributed by atoms with Crippen molar-refractivity contribution in [3.05, 3.63) is 0 Å². The molecule has 3 nitrogen and oxygen atoms in total. The molecule has 1 saturated carbocycles. The Balaban J connectivity index is 2.38. The van der Waals surface area contributed by atoms with Crippen molar-refractivity contribution in [3.8, 4) is 0 Å². The van der Waals surface area contributed by atoms with Crippen LogP contribution in [0.4, 0.5) is 0 Å². The van der Waals surface area contributed by atoms with E-state index in [1.165, 1.54) is 25.7 Å². The maximum atomic E-state index is 4.72. The normalized spacial score (nSPS) is 19.4. The lowest BCUT2D eigenvalue weighted by Crippen LogP contribution is -2.39. The number of aliphatic imine (C=N–C) groups is 1. The standard InChI is InChI=1S/C13H27N3S/c1-4-14-12(15-9-10-17-3)16-11-13(2)7-5-6-8-13/h4-11H2,1-3H3,(H2,14,15,16). The lowest BCUT2D eigenvalue weighted by Gasteiger charge is -2.21. The van der Waals surface area contributed by atoms with Crippen LogP contribution < -0.4 is 10.6 Å². The Kier molecular flexibility index (Phi) is 6.78. The van der Waals surface area contributed by atoms with Crippen LogP contribution in [0, 0.1) is 5.41 Å². The van der Waals surface area contributed by atoms with E-state index in [9.17, 15) is 0 Å². The van der Waals surface area contributed by atoms with Crippen LogP contribution in [0.15, 0.2) is 4.99 Å². The summed E-state index contributed by atoms with van der Waals surface area (Å²) in [4.78, 5) is 4.72. The maximum Gasteiger partial charge on any atom is 0.191 e. The molecule has 0 aliphatic heterocycles. The molecule has 0 spiro atoms. The first-order chi connectivity index (χ1) is 8.20. The number of hydrogen-bond donors (Lipinski definition) is 2. The van der Waals surface area contributed by atoms with Gasteiger partial charge in [-0.2, -0.15) is 11.8 Å². The zero-order valence-electron chi connectivity index (χ0n) is 11.5. The Bertz CT molecular complexity index is 235. The van der Waals surface area contributed by atoms with E-state index in [2.05, 4.69) is 30.7 Å². The largest absolute Gasteiger partial charge is 0.357 e. The zero-order valence-corrected chi connectivity index (χ0v) is 12.3. The van der Waals surface area contributed by atoms with Gasteiger partial charge in [-0.25, -0.2) is 0 Å². The minimum absolute atomic E-state index is 0.446. The molecule has 0 saturated heterocycles. The van der Waals surface area contributed by atoms with Gasteiger partial charge in [0.25, 0.3) is 0 Å². The first-order valence-electron chi connectivity index (χ1n) is 6.71. The first kappa shape index (κ1) is 14.7. The average molecular weight is 257 g/mol. The molecule has 1 aliphatic carbocycles. The van der Waals surface area contributed by atoms with E-state index in [0.29, 0.717) is 5.41 Å². The monoisotopic (exact) mass is 257 g/mol. The van der Waals surface area contributed by atoms with Crippen LogP contribution in [-0.4, -0.2) is 37.6 Å². The molecule has 0 heterocycles. The molecule has 0 amide bonds. The predicted octanol–water partition coefficient (Wildman–Crippen LogP) is 2.48. The van der Waals surface area contributed by atoms with Crippen molar-refractivity contribution < 1.29 is 0 Å². The van der Waals surface area contributed by atoms with Crippen molar-refractivity contribution in [3.63, 3.8) is 0 Å². The quantitative estimate of drug-likeness (QED) is 0.436. The van der Waals surface area contributed by atoms with Crippen molar-refractivity contribution in [2.24, 2.45) is 10.4 Å². The minimum Gasteiger partial charge on any atom is -0.357 e. The summed E-state index contributed by atoms with van der Waals surface area (Å²) in [6.45, 7) is 7.37. The fourth-order valence-corrected chi connectivity index (χ4v) is 2.58. The summed E-state index contributed by atoms with van der Waals surface area (Å²) in [6.07, 6.45) is 7.55. The van der Waals surface area contributed by atoms with Gasteiger partial charge in [-0.1, -0.05) is 19.8 Å². The van der Waals surface area contributed by atoms with Crippen LogP contribution >= 0.6 is 11.8 Å². The molecule has 0 aromatic rings. The van der Waals surface area contributed by atoms with Gasteiger partial charge in [0, 0.05) is 25.4 Å². The molecule has 2 N–H and O–H groups in total. The van der Waals surface area contributed by atoms with Crippen molar-refractivity contribution in [1.29, 1.82) is 0 Å². The highest BCUT2D eigenvalue weighted by Gasteiger charge is 2.28. The highest BCUT2D eigenvalue weighted by Crippen LogP contribution is 2.37. The molecule has 0 aromatic carbocycles. The van der Waals surface area contributed by atoms with Gasteiger partial charge in [0.2, 0.25) is 0 Å². The lowest BCUT2D eigenvalue weighted by atomic mass is 9.89. The Morgan fingerprint density at radius 1 is 1.29 bits per heavy atom. The first-order valence-corrected chi connectivity index (χ1v) is 8.11. The Labute approximate surface area is 110 Å². The lowest BCUT2D eigenvalue weighted by molar-refractivity contribution is 0.350. The number of thioether (sulfide) groups is 1. The van der Waals surface area contributed by atoms with Gasteiger partial charge in [0.1, 0.15) is 0 Å². The van der Waals surface area contributed by atoms with Crippen LogP contribution in [0.25, 0.3) is 0 Å². The molecule has 1 aliphatic rings. The molecule has 0 unspecified atom stereocenters. The third-order valence-electron chi connectivity index (χ3n) is 3.37. The third kappa shape index (κ3) is 5.66. The average Bonchev–Trinajstić information content (AvgIpc) is 2.74. The molecule has 0 atom stereocenters. The van der Waals surface area contributed by atoms with Gasteiger partial charge in [0.05, 0.1) is 0 Å². The van der Waals surface area contributed by atoms with Gasteiger partial charge >= 0.3 is 0 Å². The second kappa shape index (κ2) is 7.85. The van der Waals surface area contributed by atoms with Gasteiger partial charge in [-0.15, -0.1) is 0 Å². The molecular formula is C13H27N3S. The molecule has 1 rings (SSSR count). The van der Waals surface area contributed by atoms with E-state index < -0.39 is 0 Å². The maximum absolute atomic E-state index is 4.72. The van der Waals surface area contributed by atoms with E-state index in [1.54, 1.807) is 0 Å². The molecule has 0 radical (unpaired) electrons. The van der Waals surface area contributed by atoms with E-state index in [4.69, 9.17) is 4.99 Å². The Hall–Kier alpha value is -0.380. The number of nitrogens with zero attached hydrogens (tertiary/aromatic N) is 1. The predicted molar refractivity (Wildman–Crippen MR) is 78.9 cm³/mol. The molecule has 4 heteroatoms. The van der Waals surface area contributed by atoms with Crippen LogP contribution in [0.3, 0.4) is 0 Å². The summed E-state index contributed by atoms with van der Waals surface area (Å²) in [7, 11) is 0. The molecule has 0 bridgehead atoms. The summed E-state index contributed by atoms with van der Waals surface area (Å²) in [5, 5.41) is 6.69.